The molecule has 1 aliphatic heterocycles. The van der Waals surface area contributed by atoms with Crippen LogP contribution in [-0.4, -0.2) is 74.1 Å². The summed E-state index contributed by atoms with van der Waals surface area (Å²) >= 11 is 0. The Balaban J connectivity index is 1.81. The number of hydrogen-bond donors (Lipinski definition) is 1. The van der Waals surface area contributed by atoms with Crippen molar-refractivity contribution in [1.82, 2.24) is 9.47 Å². The van der Waals surface area contributed by atoms with Gasteiger partial charge < -0.3 is 24.0 Å². The zero-order valence-corrected chi connectivity index (χ0v) is 17.2. The van der Waals surface area contributed by atoms with Crippen molar-refractivity contribution in [3.8, 4) is 5.75 Å². The first-order valence-electron chi connectivity index (χ1n) is 10.1. The second kappa shape index (κ2) is 8.23. The molecule has 4 rings (SSSR count). The fraction of sp³-hybridized carbons (Fsp3) is 0.524. The molecule has 1 saturated heterocycles. The standard InChI is InChI=1S/C21H26FN3O5/c1-29-10-9-23-5-7-24(8-6-23)18-16(22)11-14-17(20(18)30-2)25(13-3-4-13)12-15(19(14)26)21(27)28/h11-13H,3-10H2,1-2H3,(H,27,28). The molecule has 0 unspecified atom stereocenters. The number of rotatable bonds is 7. The highest BCUT2D eigenvalue weighted by Crippen LogP contribution is 2.43. The lowest BCUT2D eigenvalue weighted by molar-refractivity contribution is 0.0695. The van der Waals surface area contributed by atoms with Gasteiger partial charge in [-0.3, -0.25) is 9.69 Å². The monoisotopic (exact) mass is 419 g/mol. The van der Waals surface area contributed by atoms with Gasteiger partial charge in [0.05, 0.1) is 24.6 Å². The minimum Gasteiger partial charge on any atom is -0.492 e. The van der Waals surface area contributed by atoms with Crippen LogP contribution in [0.4, 0.5) is 10.1 Å². The number of halogens is 1. The zero-order chi connectivity index (χ0) is 21.4. The SMILES string of the molecule is COCCN1CCN(c2c(F)cc3c(=O)c(C(=O)O)cn(C4CC4)c3c2OC)CC1. The number of methoxy groups -OCH3 is 2. The van der Waals surface area contributed by atoms with Crippen LogP contribution < -0.4 is 15.1 Å². The Labute approximate surface area is 173 Å². The second-order valence-corrected chi connectivity index (χ2v) is 7.77. The van der Waals surface area contributed by atoms with Gasteiger partial charge in [-0.1, -0.05) is 0 Å². The van der Waals surface area contributed by atoms with Gasteiger partial charge in [0.25, 0.3) is 0 Å². The summed E-state index contributed by atoms with van der Waals surface area (Å²) in [5.41, 5.74) is -0.251. The number of aromatic carboxylic acids is 1. The summed E-state index contributed by atoms with van der Waals surface area (Å²) in [6.07, 6.45) is 3.13. The lowest BCUT2D eigenvalue weighted by atomic mass is 10.1. The molecule has 1 aliphatic carbocycles. The van der Waals surface area contributed by atoms with Gasteiger partial charge in [0, 0.05) is 52.1 Å². The van der Waals surface area contributed by atoms with E-state index in [1.807, 2.05) is 4.90 Å². The number of carboxylic acid groups (broad SMARTS) is 1. The van der Waals surface area contributed by atoms with Gasteiger partial charge in [-0.15, -0.1) is 0 Å². The fourth-order valence-corrected chi connectivity index (χ4v) is 4.14. The Morgan fingerprint density at radius 1 is 1.23 bits per heavy atom. The van der Waals surface area contributed by atoms with Crippen LogP contribution in [0, 0.1) is 5.82 Å². The Morgan fingerprint density at radius 2 is 1.93 bits per heavy atom. The summed E-state index contributed by atoms with van der Waals surface area (Å²) in [4.78, 5) is 28.5. The zero-order valence-electron chi connectivity index (χ0n) is 17.2. The van der Waals surface area contributed by atoms with Gasteiger partial charge in [0.1, 0.15) is 11.3 Å². The molecular formula is C21H26FN3O5. The average Bonchev–Trinajstić information content (AvgIpc) is 3.57. The van der Waals surface area contributed by atoms with Crippen LogP contribution in [0.25, 0.3) is 10.9 Å². The van der Waals surface area contributed by atoms with E-state index in [0.717, 1.165) is 38.5 Å². The molecule has 0 bridgehead atoms. The Morgan fingerprint density at radius 3 is 2.50 bits per heavy atom. The normalized spacial score (nSPS) is 17.5. The van der Waals surface area contributed by atoms with E-state index >= 15 is 4.39 Å². The summed E-state index contributed by atoms with van der Waals surface area (Å²) < 4.78 is 27.8. The molecule has 2 heterocycles. The van der Waals surface area contributed by atoms with Crippen molar-refractivity contribution in [2.75, 3.05) is 58.5 Å². The molecule has 0 atom stereocenters. The van der Waals surface area contributed by atoms with Gasteiger partial charge in [-0.05, 0) is 18.9 Å². The lowest BCUT2D eigenvalue weighted by Crippen LogP contribution is -2.47. The highest BCUT2D eigenvalue weighted by molar-refractivity contribution is 5.97. The van der Waals surface area contributed by atoms with Gasteiger partial charge in [-0.2, -0.15) is 0 Å². The van der Waals surface area contributed by atoms with E-state index in [9.17, 15) is 14.7 Å². The molecule has 0 radical (unpaired) electrons. The molecule has 1 aromatic heterocycles. The smallest absolute Gasteiger partial charge is 0.341 e. The first kappa shape index (κ1) is 20.6. The number of piperazine rings is 1. The summed E-state index contributed by atoms with van der Waals surface area (Å²) in [5.74, 6) is -1.60. The van der Waals surface area contributed by atoms with Crippen molar-refractivity contribution in [3.63, 3.8) is 0 Å². The van der Waals surface area contributed by atoms with E-state index in [2.05, 4.69) is 4.90 Å². The maximum absolute atomic E-state index is 15.3. The molecular weight excluding hydrogens is 393 g/mol. The number of anilines is 1. The van der Waals surface area contributed by atoms with E-state index in [-0.39, 0.29) is 22.7 Å². The van der Waals surface area contributed by atoms with Gasteiger partial charge in [0.2, 0.25) is 5.43 Å². The number of hydrogen-bond acceptors (Lipinski definition) is 6. The Bertz CT molecular complexity index is 1030. The number of carboxylic acids is 1. The minimum atomic E-state index is -1.31. The van der Waals surface area contributed by atoms with Gasteiger partial charge in [-0.25, -0.2) is 9.18 Å². The molecule has 0 amide bonds. The first-order chi connectivity index (χ1) is 14.5. The van der Waals surface area contributed by atoms with Crippen molar-refractivity contribution >= 4 is 22.6 Å². The second-order valence-electron chi connectivity index (χ2n) is 7.77. The third kappa shape index (κ3) is 3.63. The molecule has 0 spiro atoms. The van der Waals surface area contributed by atoms with Crippen molar-refractivity contribution in [2.24, 2.45) is 0 Å². The average molecular weight is 419 g/mol. The molecule has 2 aromatic rings. The van der Waals surface area contributed by atoms with E-state index in [1.54, 1.807) is 11.7 Å². The molecule has 1 saturated carbocycles. The van der Waals surface area contributed by atoms with E-state index < -0.39 is 17.2 Å². The lowest BCUT2D eigenvalue weighted by Gasteiger charge is -2.37. The van der Waals surface area contributed by atoms with E-state index in [4.69, 9.17) is 9.47 Å². The maximum Gasteiger partial charge on any atom is 0.341 e. The van der Waals surface area contributed by atoms with Crippen molar-refractivity contribution in [3.05, 3.63) is 33.9 Å². The topological polar surface area (TPSA) is 84.2 Å². The highest BCUT2D eigenvalue weighted by atomic mass is 19.1. The molecule has 2 aliphatic rings. The Hall–Kier alpha value is -2.65. The number of nitrogens with zero attached hydrogens (tertiary/aromatic N) is 3. The molecule has 30 heavy (non-hydrogen) atoms. The largest absolute Gasteiger partial charge is 0.492 e. The summed E-state index contributed by atoms with van der Waals surface area (Å²) in [6, 6.07) is 1.25. The van der Waals surface area contributed by atoms with Crippen LogP contribution in [-0.2, 0) is 4.74 Å². The summed E-state index contributed by atoms with van der Waals surface area (Å²) in [5, 5.41) is 9.47. The van der Waals surface area contributed by atoms with Gasteiger partial charge in [0.15, 0.2) is 11.6 Å². The van der Waals surface area contributed by atoms with Crippen molar-refractivity contribution < 1.29 is 23.8 Å². The highest BCUT2D eigenvalue weighted by Gasteiger charge is 2.32. The first-order valence-corrected chi connectivity index (χ1v) is 10.1. The molecule has 8 nitrogen and oxygen atoms in total. The van der Waals surface area contributed by atoms with E-state index in [1.165, 1.54) is 13.3 Å². The van der Waals surface area contributed by atoms with Crippen LogP contribution in [0.5, 0.6) is 5.75 Å². The number of pyridine rings is 1. The molecule has 9 heteroatoms. The molecule has 1 aromatic carbocycles. The van der Waals surface area contributed by atoms with Crippen LogP contribution >= 0.6 is 0 Å². The minimum absolute atomic E-state index is 0.0404. The summed E-state index contributed by atoms with van der Waals surface area (Å²) in [6.45, 7) is 4.22. The number of aromatic nitrogens is 1. The van der Waals surface area contributed by atoms with E-state index in [0.29, 0.717) is 30.9 Å². The number of ether oxygens (including phenoxy) is 2. The number of benzene rings is 1. The van der Waals surface area contributed by atoms with Gasteiger partial charge >= 0.3 is 5.97 Å². The van der Waals surface area contributed by atoms with Crippen molar-refractivity contribution in [1.29, 1.82) is 0 Å². The molecule has 2 fully saturated rings. The van der Waals surface area contributed by atoms with Crippen molar-refractivity contribution in [2.45, 2.75) is 18.9 Å². The predicted octanol–water partition coefficient (Wildman–Crippen LogP) is 1.95. The third-order valence-electron chi connectivity index (χ3n) is 5.87. The molecule has 1 N–H and O–H groups in total. The van der Waals surface area contributed by atoms with Crippen LogP contribution in [0.15, 0.2) is 17.1 Å². The van der Waals surface area contributed by atoms with Crippen LogP contribution in [0.3, 0.4) is 0 Å². The van der Waals surface area contributed by atoms with Crippen LogP contribution in [0.2, 0.25) is 0 Å². The molecule has 162 valence electrons. The third-order valence-corrected chi connectivity index (χ3v) is 5.87. The quantitative estimate of drug-likeness (QED) is 0.734. The van der Waals surface area contributed by atoms with Crippen LogP contribution in [0.1, 0.15) is 29.2 Å². The number of fused-ring (bicyclic) bond motifs is 1. The number of carbonyl (C=O) groups is 1. The summed E-state index contributed by atoms with van der Waals surface area (Å²) in [7, 11) is 3.13. The maximum atomic E-state index is 15.3. The predicted molar refractivity (Wildman–Crippen MR) is 110 cm³/mol. The fourth-order valence-electron chi connectivity index (χ4n) is 4.14. The Kier molecular flexibility index (Phi) is 5.66.